The molecule has 1 aliphatic heterocycles. The fourth-order valence-corrected chi connectivity index (χ4v) is 2.74. The van der Waals surface area contributed by atoms with Crippen LogP contribution in [0.1, 0.15) is 50.4 Å². The highest BCUT2D eigenvalue weighted by Crippen LogP contribution is 2.41. The van der Waals surface area contributed by atoms with E-state index in [0.29, 0.717) is 12.0 Å². The summed E-state index contributed by atoms with van der Waals surface area (Å²) in [5.41, 5.74) is -0.223. The predicted octanol–water partition coefficient (Wildman–Crippen LogP) is 3.24. The molecule has 1 fully saturated rings. The number of hydrogen-bond donors (Lipinski definition) is 0. The van der Waals surface area contributed by atoms with Gasteiger partial charge in [0.1, 0.15) is 0 Å². The second-order valence-corrected chi connectivity index (χ2v) is 6.07. The minimum atomic E-state index is -0.559. The van der Waals surface area contributed by atoms with Crippen LogP contribution in [0.3, 0.4) is 0 Å². The van der Waals surface area contributed by atoms with E-state index >= 15 is 0 Å². The molecule has 3 heteroatoms. The van der Waals surface area contributed by atoms with Gasteiger partial charge in [-0.3, -0.25) is 4.79 Å². The highest BCUT2D eigenvalue weighted by Gasteiger charge is 2.49. The van der Waals surface area contributed by atoms with Gasteiger partial charge in [-0.25, -0.2) is 0 Å². The molecule has 1 atom stereocenters. The summed E-state index contributed by atoms with van der Waals surface area (Å²) in [5.74, 6) is 0.0525. The Morgan fingerprint density at radius 2 is 1.78 bits per heavy atom. The normalized spacial score (nSPS) is 27.3. The van der Waals surface area contributed by atoms with E-state index in [4.69, 9.17) is 0 Å². The molecule has 3 nitrogen and oxygen atoms in total. The van der Waals surface area contributed by atoms with E-state index in [1.165, 1.54) is 0 Å². The molecule has 2 rings (SSSR count). The number of carbonyl (C=O) groups excluding carboxylic acids is 1. The lowest BCUT2D eigenvalue weighted by atomic mass is 9.90. The molecule has 0 bridgehead atoms. The van der Waals surface area contributed by atoms with Crippen LogP contribution in [-0.2, 0) is 5.21 Å². The van der Waals surface area contributed by atoms with E-state index in [1.807, 2.05) is 39.0 Å². The van der Waals surface area contributed by atoms with Gasteiger partial charge in [0.25, 0.3) is 0 Å². The van der Waals surface area contributed by atoms with Crippen molar-refractivity contribution in [2.45, 2.75) is 51.1 Å². The molecule has 0 aromatic heterocycles. The van der Waals surface area contributed by atoms with Gasteiger partial charge in [-0.15, -0.1) is 10.3 Å². The van der Waals surface area contributed by atoms with Crippen LogP contribution >= 0.6 is 0 Å². The summed E-state index contributed by atoms with van der Waals surface area (Å²) in [4.78, 5) is 12.2. The molecule has 1 aliphatic rings. The topological polar surface area (TPSA) is 40.2 Å². The molecular formula is C15H20NO2. The molecule has 0 N–H and O–H groups in total. The van der Waals surface area contributed by atoms with Crippen LogP contribution in [0.2, 0.25) is 0 Å². The van der Waals surface area contributed by atoms with E-state index in [-0.39, 0.29) is 11.3 Å². The van der Waals surface area contributed by atoms with Crippen molar-refractivity contribution >= 4 is 5.78 Å². The Morgan fingerprint density at radius 3 is 2.28 bits per heavy atom. The lowest BCUT2D eigenvalue weighted by Crippen LogP contribution is -2.47. The van der Waals surface area contributed by atoms with Crippen LogP contribution in [0.5, 0.6) is 0 Å². The van der Waals surface area contributed by atoms with Gasteiger partial charge >= 0.3 is 0 Å². The molecule has 97 valence electrons. The maximum Gasteiger partial charge on any atom is 0.164 e. The lowest BCUT2D eigenvalue weighted by molar-refractivity contribution is -0.247. The van der Waals surface area contributed by atoms with Crippen LogP contribution in [0.25, 0.3) is 0 Å². The van der Waals surface area contributed by atoms with Crippen molar-refractivity contribution < 1.29 is 10.0 Å². The van der Waals surface area contributed by atoms with Crippen molar-refractivity contribution in [3.8, 4) is 0 Å². The third-order valence-corrected chi connectivity index (χ3v) is 3.95. The quantitative estimate of drug-likeness (QED) is 0.768. The van der Waals surface area contributed by atoms with Crippen LogP contribution in [-0.4, -0.2) is 21.9 Å². The Hall–Kier alpha value is -1.19. The summed E-state index contributed by atoms with van der Waals surface area (Å²) in [6, 6.07) is 9.20. The molecular weight excluding hydrogens is 226 g/mol. The minimum absolute atomic E-state index is 0.0525. The fourth-order valence-electron chi connectivity index (χ4n) is 2.74. The number of ketones is 1. The van der Waals surface area contributed by atoms with Crippen LogP contribution in [0.15, 0.2) is 30.3 Å². The molecule has 1 aromatic carbocycles. The fraction of sp³-hybridized carbons (Fsp3) is 0.533. The van der Waals surface area contributed by atoms with Gasteiger partial charge in [0.15, 0.2) is 5.78 Å². The van der Waals surface area contributed by atoms with Crippen molar-refractivity contribution in [3.05, 3.63) is 35.9 Å². The molecule has 1 saturated heterocycles. The third kappa shape index (κ3) is 2.33. The predicted molar refractivity (Wildman–Crippen MR) is 69.6 cm³/mol. The molecule has 18 heavy (non-hydrogen) atoms. The third-order valence-electron chi connectivity index (χ3n) is 3.95. The zero-order valence-electron chi connectivity index (χ0n) is 11.3. The number of benzene rings is 1. The SMILES string of the molecule is CC1(C)CCC(C)(CC(=O)c2ccccc2)N1[O]. The Morgan fingerprint density at radius 1 is 1.17 bits per heavy atom. The summed E-state index contributed by atoms with van der Waals surface area (Å²) in [7, 11) is 0. The average Bonchev–Trinajstić information content (AvgIpc) is 2.55. The van der Waals surface area contributed by atoms with E-state index in [2.05, 4.69) is 0 Å². The number of Topliss-reactive ketones (excluding diaryl/α,β-unsaturated/α-hetero) is 1. The zero-order chi connectivity index (χ0) is 13.4. The van der Waals surface area contributed by atoms with Crippen molar-refractivity contribution in [1.29, 1.82) is 0 Å². The number of nitrogens with zero attached hydrogens (tertiary/aromatic N) is 1. The Kier molecular flexibility index (Phi) is 3.30. The minimum Gasteiger partial charge on any atom is -0.294 e. The first-order valence-electron chi connectivity index (χ1n) is 6.41. The van der Waals surface area contributed by atoms with Crippen LogP contribution in [0, 0.1) is 0 Å². The van der Waals surface area contributed by atoms with E-state index in [1.54, 1.807) is 12.1 Å². The Labute approximate surface area is 108 Å². The van der Waals surface area contributed by atoms with Gasteiger partial charge in [0.05, 0.1) is 5.54 Å². The van der Waals surface area contributed by atoms with Crippen molar-refractivity contribution in [2.24, 2.45) is 0 Å². The lowest BCUT2D eigenvalue weighted by Gasteiger charge is -2.34. The molecule has 0 spiro atoms. The molecule has 0 saturated carbocycles. The maximum atomic E-state index is 12.3. The molecule has 1 aromatic rings. The van der Waals surface area contributed by atoms with Crippen molar-refractivity contribution in [2.75, 3.05) is 0 Å². The van der Waals surface area contributed by atoms with Gasteiger partial charge in [0.2, 0.25) is 0 Å². The first kappa shape index (κ1) is 13.2. The summed E-state index contributed by atoms with van der Waals surface area (Å²) < 4.78 is 0. The van der Waals surface area contributed by atoms with E-state index in [9.17, 15) is 10.0 Å². The average molecular weight is 246 g/mol. The van der Waals surface area contributed by atoms with Gasteiger partial charge in [-0.05, 0) is 33.6 Å². The Balaban J connectivity index is 2.13. The van der Waals surface area contributed by atoms with E-state index in [0.717, 1.165) is 17.9 Å². The highest BCUT2D eigenvalue weighted by atomic mass is 16.5. The monoisotopic (exact) mass is 246 g/mol. The summed E-state index contributed by atoms with van der Waals surface area (Å²) in [6.07, 6.45) is 1.92. The van der Waals surface area contributed by atoms with Crippen molar-refractivity contribution in [3.63, 3.8) is 0 Å². The van der Waals surface area contributed by atoms with Crippen LogP contribution < -0.4 is 0 Å². The molecule has 1 radical (unpaired) electrons. The van der Waals surface area contributed by atoms with Crippen molar-refractivity contribution in [1.82, 2.24) is 5.06 Å². The second-order valence-electron chi connectivity index (χ2n) is 6.07. The number of carbonyl (C=O) groups is 1. The summed E-state index contributed by atoms with van der Waals surface area (Å²) in [6.45, 7) is 5.78. The zero-order valence-corrected chi connectivity index (χ0v) is 11.3. The number of rotatable bonds is 3. The molecule has 1 unspecified atom stereocenters. The largest absolute Gasteiger partial charge is 0.294 e. The number of hydrogen-bond acceptors (Lipinski definition) is 2. The van der Waals surface area contributed by atoms with Gasteiger partial charge in [-0.2, -0.15) is 0 Å². The van der Waals surface area contributed by atoms with Gasteiger partial charge in [-0.1, -0.05) is 30.3 Å². The summed E-state index contributed by atoms with van der Waals surface area (Å²) >= 11 is 0. The van der Waals surface area contributed by atoms with Gasteiger partial charge in [0, 0.05) is 17.5 Å². The molecule has 0 amide bonds. The van der Waals surface area contributed by atoms with Crippen LogP contribution in [0.4, 0.5) is 0 Å². The standard InChI is InChI=1S/C15H20NO2/c1-14(2)9-10-15(3,16(14)18)11-13(17)12-7-5-4-6-8-12/h4-8H,9-11H2,1-3H3. The smallest absolute Gasteiger partial charge is 0.164 e. The van der Waals surface area contributed by atoms with Gasteiger partial charge < -0.3 is 0 Å². The highest BCUT2D eigenvalue weighted by molar-refractivity contribution is 5.96. The van der Waals surface area contributed by atoms with E-state index < -0.39 is 5.54 Å². The second kappa shape index (κ2) is 4.48. The molecule has 0 aliphatic carbocycles. The maximum absolute atomic E-state index is 12.3. The first-order chi connectivity index (χ1) is 8.35. The number of hydroxylamine groups is 2. The Bertz CT molecular complexity index is 441. The molecule has 1 heterocycles. The summed E-state index contributed by atoms with van der Waals surface area (Å²) in [5, 5.41) is 13.4. The first-order valence-corrected chi connectivity index (χ1v) is 6.41.